The van der Waals surface area contributed by atoms with Crippen molar-refractivity contribution in [1.29, 1.82) is 0 Å². The van der Waals surface area contributed by atoms with Crippen LogP contribution in [-0.4, -0.2) is 46.4 Å². The normalized spacial score (nSPS) is 18.0. The third-order valence-electron chi connectivity index (χ3n) is 8.03. The molecule has 3 amide bonds. The summed E-state index contributed by atoms with van der Waals surface area (Å²) in [5.41, 5.74) is 7.78. The molecular formula is C31H37N5O4. The highest BCUT2D eigenvalue weighted by Crippen LogP contribution is 2.29. The van der Waals surface area contributed by atoms with Crippen LogP contribution < -0.4 is 16.4 Å². The van der Waals surface area contributed by atoms with Crippen LogP contribution in [0.4, 0.5) is 10.6 Å². The Kier molecular flexibility index (Phi) is 8.78. The second-order valence-corrected chi connectivity index (χ2v) is 10.8. The topological polar surface area (TPSA) is 127 Å². The van der Waals surface area contributed by atoms with E-state index >= 15 is 0 Å². The number of carbonyl (C=O) groups excluding carboxylic acids is 3. The number of nitrogen functional groups attached to an aromatic ring is 1. The van der Waals surface area contributed by atoms with Gasteiger partial charge in [0.2, 0.25) is 11.8 Å². The summed E-state index contributed by atoms with van der Waals surface area (Å²) in [6.45, 7) is 0.927. The van der Waals surface area contributed by atoms with Crippen molar-refractivity contribution in [2.45, 2.75) is 70.2 Å². The van der Waals surface area contributed by atoms with Gasteiger partial charge in [-0.05, 0) is 47.4 Å². The molecule has 0 bridgehead atoms. The van der Waals surface area contributed by atoms with Gasteiger partial charge in [0.1, 0.15) is 24.5 Å². The van der Waals surface area contributed by atoms with Gasteiger partial charge >= 0.3 is 6.09 Å². The van der Waals surface area contributed by atoms with Crippen LogP contribution in [0.15, 0.2) is 60.8 Å². The van der Waals surface area contributed by atoms with E-state index in [0.717, 1.165) is 47.6 Å². The van der Waals surface area contributed by atoms with Crippen molar-refractivity contribution in [1.82, 2.24) is 20.5 Å². The average molecular weight is 544 g/mol. The molecule has 210 valence electrons. The summed E-state index contributed by atoms with van der Waals surface area (Å²) in [4.78, 5) is 45.1. The van der Waals surface area contributed by atoms with Crippen LogP contribution in [0.2, 0.25) is 0 Å². The largest absolute Gasteiger partial charge is 0.445 e. The Morgan fingerprint density at radius 1 is 1.00 bits per heavy atom. The number of fused-ring (bicyclic) bond motifs is 1. The number of nitrogens with zero attached hydrogens (tertiary/aromatic N) is 2. The number of rotatable bonds is 9. The van der Waals surface area contributed by atoms with Crippen molar-refractivity contribution in [3.8, 4) is 0 Å². The number of hydrogen-bond acceptors (Lipinski definition) is 6. The number of likely N-dealkylation sites (tertiary alicyclic amines) is 1. The molecule has 4 N–H and O–H groups in total. The van der Waals surface area contributed by atoms with Gasteiger partial charge in [-0.1, -0.05) is 74.6 Å². The Morgan fingerprint density at radius 2 is 1.80 bits per heavy atom. The number of aromatic nitrogens is 1. The fourth-order valence-corrected chi connectivity index (χ4v) is 5.66. The van der Waals surface area contributed by atoms with E-state index in [0.29, 0.717) is 37.7 Å². The van der Waals surface area contributed by atoms with E-state index in [9.17, 15) is 14.4 Å². The first kappa shape index (κ1) is 27.4. The molecule has 2 heterocycles. The lowest BCUT2D eigenvalue weighted by atomic mass is 9.84. The Morgan fingerprint density at radius 3 is 2.55 bits per heavy atom. The van der Waals surface area contributed by atoms with E-state index in [2.05, 4.69) is 15.6 Å². The number of nitrogens with two attached hydrogens (primary N) is 1. The number of anilines is 1. The predicted octanol–water partition coefficient (Wildman–Crippen LogP) is 4.30. The van der Waals surface area contributed by atoms with Crippen molar-refractivity contribution >= 4 is 34.5 Å². The van der Waals surface area contributed by atoms with Gasteiger partial charge in [-0.15, -0.1) is 0 Å². The summed E-state index contributed by atoms with van der Waals surface area (Å²) in [6.07, 6.45) is 7.74. The van der Waals surface area contributed by atoms with Crippen molar-refractivity contribution in [3.05, 3.63) is 71.9 Å². The van der Waals surface area contributed by atoms with E-state index in [-0.39, 0.29) is 18.4 Å². The fourth-order valence-electron chi connectivity index (χ4n) is 5.66. The highest BCUT2D eigenvalue weighted by molar-refractivity contribution is 5.93. The van der Waals surface area contributed by atoms with Crippen molar-refractivity contribution in [3.63, 3.8) is 0 Å². The van der Waals surface area contributed by atoms with Crippen LogP contribution in [0.5, 0.6) is 0 Å². The zero-order chi connectivity index (χ0) is 27.9. The minimum Gasteiger partial charge on any atom is -0.445 e. The molecule has 3 aromatic rings. The molecule has 1 aliphatic heterocycles. The lowest BCUT2D eigenvalue weighted by Gasteiger charge is -2.42. The van der Waals surface area contributed by atoms with Crippen LogP contribution in [0.25, 0.3) is 10.8 Å². The van der Waals surface area contributed by atoms with Crippen LogP contribution in [0.1, 0.15) is 56.1 Å². The highest BCUT2D eigenvalue weighted by atomic mass is 16.5. The zero-order valence-corrected chi connectivity index (χ0v) is 22.7. The summed E-state index contributed by atoms with van der Waals surface area (Å²) in [5.74, 6) is 0.376. The number of hydrogen-bond donors (Lipinski definition) is 3. The molecule has 9 heteroatoms. The smallest absolute Gasteiger partial charge is 0.408 e. The van der Waals surface area contributed by atoms with Crippen LogP contribution in [0, 0.1) is 5.92 Å². The first-order valence-electron chi connectivity index (χ1n) is 14.2. The standard InChI is InChI=1S/C31H37N5O4/c32-28-25-17-23(11-12-24(25)13-15-33-28)19-34-29(37)27-14-16-36(27)30(38)26(18-21-7-3-1-4-8-21)35-31(39)40-20-22-9-5-2-6-10-22/h2,5-6,9-13,15,17,21,26-27H,1,3-4,7-8,14,16,18-20H2,(H2,32,33)(H,34,37)(H,35,39)/t26-,27+/m1/s1. The summed E-state index contributed by atoms with van der Waals surface area (Å²) in [7, 11) is 0. The monoisotopic (exact) mass is 543 g/mol. The Balaban J connectivity index is 1.20. The minimum absolute atomic E-state index is 0.127. The Hall–Kier alpha value is -4.14. The highest BCUT2D eigenvalue weighted by Gasteiger charge is 2.41. The van der Waals surface area contributed by atoms with Gasteiger partial charge < -0.3 is 26.0 Å². The van der Waals surface area contributed by atoms with Gasteiger partial charge in [0, 0.05) is 24.7 Å². The SMILES string of the molecule is Nc1nccc2ccc(CNC(=O)[C@@H]3CCN3C(=O)[C@@H](CC3CCCCC3)NC(=O)OCc3ccccc3)cc12. The summed E-state index contributed by atoms with van der Waals surface area (Å²) in [6, 6.07) is 15.8. The molecule has 9 nitrogen and oxygen atoms in total. The van der Waals surface area contributed by atoms with Gasteiger partial charge in [0.05, 0.1) is 0 Å². The number of benzene rings is 2. The van der Waals surface area contributed by atoms with E-state index in [1.54, 1.807) is 11.1 Å². The second-order valence-electron chi connectivity index (χ2n) is 10.8. The first-order chi connectivity index (χ1) is 19.5. The van der Waals surface area contributed by atoms with E-state index in [4.69, 9.17) is 10.5 Å². The number of carbonyl (C=O) groups is 3. The van der Waals surface area contributed by atoms with E-state index in [1.165, 1.54) is 6.42 Å². The van der Waals surface area contributed by atoms with Crippen LogP contribution in [-0.2, 0) is 27.5 Å². The van der Waals surface area contributed by atoms with Gasteiger partial charge in [0.25, 0.3) is 0 Å². The zero-order valence-electron chi connectivity index (χ0n) is 22.7. The summed E-state index contributed by atoms with van der Waals surface area (Å²) >= 11 is 0. The fraction of sp³-hybridized carbons (Fsp3) is 0.419. The third kappa shape index (κ3) is 6.70. The molecule has 1 aliphatic carbocycles. The van der Waals surface area contributed by atoms with E-state index in [1.807, 2.05) is 54.6 Å². The van der Waals surface area contributed by atoms with E-state index < -0.39 is 18.2 Å². The maximum Gasteiger partial charge on any atom is 0.408 e. The van der Waals surface area contributed by atoms with Crippen molar-refractivity contribution in [2.24, 2.45) is 5.92 Å². The maximum atomic E-state index is 13.6. The summed E-state index contributed by atoms with van der Waals surface area (Å²) in [5, 5.41) is 7.61. The lowest BCUT2D eigenvalue weighted by Crippen LogP contribution is -2.62. The molecule has 5 rings (SSSR count). The van der Waals surface area contributed by atoms with Crippen LogP contribution >= 0.6 is 0 Å². The molecule has 2 fully saturated rings. The minimum atomic E-state index is -0.724. The van der Waals surface area contributed by atoms with Gasteiger partial charge in [-0.3, -0.25) is 9.59 Å². The molecule has 0 spiro atoms. The number of nitrogens with one attached hydrogen (secondary N) is 2. The first-order valence-corrected chi connectivity index (χ1v) is 14.2. The Labute approximate surface area is 234 Å². The second kappa shape index (κ2) is 12.8. The summed E-state index contributed by atoms with van der Waals surface area (Å²) < 4.78 is 5.42. The number of amides is 3. The molecular weight excluding hydrogens is 506 g/mol. The lowest BCUT2D eigenvalue weighted by molar-refractivity contribution is -0.149. The number of ether oxygens (including phenoxy) is 1. The molecule has 0 unspecified atom stereocenters. The van der Waals surface area contributed by atoms with Crippen molar-refractivity contribution < 1.29 is 19.1 Å². The predicted molar refractivity (Wildman–Crippen MR) is 153 cm³/mol. The molecule has 1 saturated carbocycles. The van der Waals surface area contributed by atoms with Crippen molar-refractivity contribution in [2.75, 3.05) is 12.3 Å². The Bertz CT molecular complexity index is 1340. The average Bonchev–Trinajstić information content (AvgIpc) is 2.95. The third-order valence-corrected chi connectivity index (χ3v) is 8.03. The molecule has 1 aromatic heterocycles. The number of pyridine rings is 1. The molecule has 2 aromatic carbocycles. The van der Waals surface area contributed by atoms with Gasteiger partial charge in [-0.25, -0.2) is 9.78 Å². The van der Waals surface area contributed by atoms with Crippen LogP contribution in [0.3, 0.4) is 0 Å². The quantitative estimate of drug-likeness (QED) is 0.369. The molecule has 2 aliphatic rings. The van der Waals surface area contributed by atoms with Gasteiger partial charge in [-0.2, -0.15) is 0 Å². The molecule has 2 atom stereocenters. The molecule has 0 radical (unpaired) electrons. The molecule has 40 heavy (non-hydrogen) atoms. The number of alkyl carbamates (subject to hydrolysis) is 1. The maximum absolute atomic E-state index is 13.6. The molecule has 1 saturated heterocycles. The van der Waals surface area contributed by atoms with Gasteiger partial charge in [0.15, 0.2) is 0 Å².